The molecular formula is C12H17ClN2O2. The molecule has 1 amide bonds. The van der Waals surface area contributed by atoms with Gasteiger partial charge in [-0.2, -0.15) is 0 Å². The van der Waals surface area contributed by atoms with Crippen molar-refractivity contribution in [2.24, 2.45) is 0 Å². The molecular weight excluding hydrogens is 240 g/mol. The predicted octanol–water partition coefficient (Wildman–Crippen LogP) is 1.81. The van der Waals surface area contributed by atoms with Gasteiger partial charge in [0.2, 0.25) is 0 Å². The molecule has 0 radical (unpaired) electrons. The summed E-state index contributed by atoms with van der Waals surface area (Å²) in [5.41, 5.74) is 6.48. The van der Waals surface area contributed by atoms with Crippen LogP contribution in [0.25, 0.3) is 0 Å². The Labute approximate surface area is 106 Å². The van der Waals surface area contributed by atoms with Crippen LogP contribution in [0.1, 0.15) is 30.6 Å². The zero-order valence-electron chi connectivity index (χ0n) is 9.90. The highest BCUT2D eigenvalue weighted by Gasteiger charge is 2.12. The van der Waals surface area contributed by atoms with Crippen LogP contribution in [0.3, 0.4) is 0 Å². The van der Waals surface area contributed by atoms with Gasteiger partial charge in [-0.3, -0.25) is 4.79 Å². The second kappa shape index (κ2) is 5.89. The largest absolute Gasteiger partial charge is 0.399 e. The van der Waals surface area contributed by atoms with Gasteiger partial charge in [0.15, 0.2) is 0 Å². The van der Waals surface area contributed by atoms with E-state index in [0.717, 1.165) is 0 Å². The molecule has 0 spiro atoms. The molecule has 1 rings (SSSR count). The van der Waals surface area contributed by atoms with Crippen LogP contribution < -0.4 is 11.1 Å². The normalized spacial score (nSPS) is 14.1. The van der Waals surface area contributed by atoms with Gasteiger partial charge in [0.25, 0.3) is 5.91 Å². The minimum Gasteiger partial charge on any atom is -0.399 e. The minimum atomic E-state index is -0.449. The minimum absolute atomic E-state index is 0.109. The molecule has 0 aliphatic heterocycles. The smallest absolute Gasteiger partial charge is 0.251 e. The topological polar surface area (TPSA) is 75.3 Å². The summed E-state index contributed by atoms with van der Waals surface area (Å²) in [4.78, 5) is 11.8. The van der Waals surface area contributed by atoms with Crippen LogP contribution >= 0.6 is 11.6 Å². The van der Waals surface area contributed by atoms with Gasteiger partial charge < -0.3 is 16.2 Å². The molecule has 17 heavy (non-hydrogen) atoms. The second-order valence-electron chi connectivity index (χ2n) is 4.23. The van der Waals surface area contributed by atoms with Crippen LogP contribution in [-0.4, -0.2) is 23.2 Å². The number of nitrogen functional groups attached to an aromatic ring is 1. The zero-order valence-corrected chi connectivity index (χ0v) is 10.7. The Morgan fingerprint density at radius 2 is 2.12 bits per heavy atom. The third-order valence-corrected chi connectivity index (χ3v) is 2.47. The third kappa shape index (κ3) is 4.63. The highest BCUT2D eigenvalue weighted by Crippen LogP contribution is 2.16. The number of nitrogens with one attached hydrogen (secondary N) is 1. The fourth-order valence-corrected chi connectivity index (χ4v) is 1.86. The Morgan fingerprint density at radius 1 is 1.47 bits per heavy atom. The van der Waals surface area contributed by atoms with Crippen molar-refractivity contribution in [3.8, 4) is 0 Å². The number of amides is 1. The first kappa shape index (κ1) is 13.8. The van der Waals surface area contributed by atoms with Crippen LogP contribution in [0.4, 0.5) is 5.69 Å². The lowest BCUT2D eigenvalue weighted by Crippen LogP contribution is -2.34. The average Bonchev–Trinajstić information content (AvgIpc) is 2.14. The van der Waals surface area contributed by atoms with Crippen molar-refractivity contribution in [3.05, 3.63) is 28.8 Å². The highest BCUT2D eigenvalue weighted by atomic mass is 35.5. The fraction of sp³-hybridized carbons (Fsp3) is 0.417. The van der Waals surface area contributed by atoms with Gasteiger partial charge in [0.05, 0.1) is 6.10 Å². The van der Waals surface area contributed by atoms with E-state index in [0.29, 0.717) is 22.7 Å². The zero-order chi connectivity index (χ0) is 13.0. The molecule has 0 saturated carbocycles. The number of carbonyl (C=O) groups excluding carboxylic acids is 1. The lowest BCUT2D eigenvalue weighted by Gasteiger charge is -2.15. The number of aliphatic hydroxyl groups is 1. The van der Waals surface area contributed by atoms with Crippen molar-refractivity contribution in [2.45, 2.75) is 32.4 Å². The summed E-state index contributed by atoms with van der Waals surface area (Å²) in [5, 5.41) is 12.4. The molecule has 2 unspecified atom stereocenters. The maximum absolute atomic E-state index is 11.8. The van der Waals surface area contributed by atoms with E-state index in [1.54, 1.807) is 25.1 Å². The molecule has 0 saturated heterocycles. The van der Waals surface area contributed by atoms with Crippen LogP contribution in [0.15, 0.2) is 18.2 Å². The Morgan fingerprint density at radius 3 is 2.65 bits per heavy atom. The van der Waals surface area contributed by atoms with Crippen LogP contribution in [0, 0.1) is 0 Å². The monoisotopic (exact) mass is 256 g/mol. The summed E-state index contributed by atoms with van der Waals surface area (Å²) < 4.78 is 0. The first-order valence-electron chi connectivity index (χ1n) is 5.43. The van der Waals surface area contributed by atoms with Gasteiger partial charge in [-0.1, -0.05) is 11.6 Å². The molecule has 0 aliphatic carbocycles. The Kier molecular flexibility index (Phi) is 4.78. The van der Waals surface area contributed by atoms with Crippen molar-refractivity contribution < 1.29 is 9.90 Å². The summed E-state index contributed by atoms with van der Waals surface area (Å²) in [7, 11) is 0. The molecule has 1 aromatic carbocycles. The molecule has 0 aromatic heterocycles. The average molecular weight is 257 g/mol. The van der Waals surface area contributed by atoms with E-state index >= 15 is 0 Å². The highest BCUT2D eigenvalue weighted by molar-refractivity contribution is 6.31. The van der Waals surface area contributed by atoms with Gasteiger partial charge in [-0.25, -0.2) is 0 Å². The van der Waals surface area contributed by atoms with Crippen LogP contribution in [0.5, 0.6) is 0 Å². The van der Waals surface area contributed by atoms with E-state index in [9.17, 15) is 9.90 Å². The van der Waals surface area contributed by atoms with Crippen molar-refractivity contribution in [2.75, 3.05) is 5.73 Å². The maximum Gasteiger partial charge on any atom is 0.251 e. The van der Waals surface area contributed by atoms with E-state index < -0.39 is 6.10 Å². The number of carbonyl (C=O) groups is 1. The number of nitrogens with two attached hydrogens (primary N) is 1. The first-order chi connectivity index (χ1) is 7.88. The number of aliphatic hydroxyl groups excluding tert-OH is 1. The summed E-state index contributed by atoms with van der Waals surface area (Å²) in [5.74, 6) is -0.243. The number of hydrogen-bond donors (Lipinski definition) is 3. The molecule has 5 heteroatoms. The van der Waals surface area contributed by atoms with Crippen LogP contribution in [-0.2, 0) is 0 Å². The Bertz CT molecular complexity index is 387. The molecule has 2 atom stereocenters. The van der Waals surface area contributed by atoms with Gasteiger partial charge in [-0.15, -0.1) is 0 Å². The molecule has 1 aromatic rings. The van der Waals surface area contributed by atoms with Crippen molar-refractivity contribution in [3.63, 3.8) is 0 Å². The van der Waals surface area contributed by atoms with Gasteiger partial charge >= 0.3 is 0 Å². The molecule has 0 aliphatic rings. The Balaban J connectivity index is 2.69. The standard InChI is InChI=1S/C12H17ClN2O2/c1-7(3-8(2)16)15-12(17)9-4-10(13)6-11(14)5-9/h4-8,16H,3,14H2,1-2H3,(H,15,17). The van der Waals surface area contributed by atoms with Gasteiger partial charge in [0.1, 0.15) is 0 Å². The second-order valence-corrected chi connectivity index (χ2v) is 4.67. The van der Waals surface area contributed by atoms with Crippen molar-refractivity contribution in [1.82, 2.24) is 5.32 Å². The molecule has 4 nitrogen and oxygen atoms in total. The van der Waals surface area contributed by atoms with E-state index in [2.05, 4.69) is 5.32 Å². The maximum atomic E-state index is 11.8. The van der Waals surface area contributed by atoms with E-state index in [-0.39, 0.29) is 11.9 Å². The number of rotatable bonds is 4. The van der Waals surface area contributed by atoms with Crippen molar-refractivity contribution in [1.29, 1.82) is 0 Å². The van der Waals surface area contributed by atoms with Crippen molar-refractivity contribution >= 4 is 23.2 Å². The fourth-order valence-electron chi connectivity index (χ4n) is 1.62. The van der Waals surface area contributed by atoms with Crippen LogP contribution in [0.2, 0.25) is 5.02 Å². The molecule has 0 fully saturated rings. The quantitative estimate of drug-likeness (QED) is 0.719. The van der Waals surface area contributed by atoms with Gasteiger partial charge in [0, 0.05) is 22.3 Å². The number of benzene rings is 1. The van der Waals surface area contributed by atoms with E-state index in [1.165, 1.54) is 0 Å². The Hall–Kier alpha value is -1.26. The molecule has 94 valence electrons. The predicted molar refractivity (Wildman–Crippen MR) is 69.1 cm³/mol. The lowest BCUT2D eigenvalue weighted by atomic mass is 10.1. The molecule has 0 heterocycles. The van der Waals surface area contributed by atoms with E-state index in [4.69, 9.17) is 17.3 Å². The summed E-state index contributed by atoms with van der Waals surface area (Å²) in [6, 6.07) is 4.60. The third-order valence-electron chi connectivity index (χ3n) is 2.25. The lowest BCUT2D eigenvalue weighted by molar-refractivity contribution is 0.0923. The summed E-state index contributed by atoms with van der Waals surface area (Å²) in [6.45, 7) is 3.51. The number of hydrogen-bond acceptors (Lipinski definition) is 3. The number of halogens is 1. The SMILES string of the molecule is CC(O)CC(C)NC(=O)c1cc(N)cc(Cl)c1. The molecule has 0 bridgehead atoms. The number of anilines is 1. The van der Waals surface area contributed by atoms with E-state index in [1.807, 2.05) is 6.92 Å². The first-order valence-corrected chi connectivity index (χ1v) is 5.81. The molecule has 4 N–H and O–H groups in total. The summed E-state index contributed by atoms with van der Waals surface area (Å²) in [6.07, 6.45) is 0.0525. The summed E-state index contributed by atoms with van der Waals surface area (Å²) >= 11 is 5.82. The van der Waals surface area contributed by atoms with Gasteiger partial charge in [-0.05, 0) is 38.5 Å².